The molecule has 2 aromatic carbocycles. The maximum absolute atomic E-state index is 13.2. The number of fused-ring (bicyclic) bond motifs is 1. The first-order valence-corrected chi connectivity index (χ1v) is 11.0. The molecule has 2 heterocycles. The van der Waals surface area contributed by atoms with Crippen molar-refractivity contribution in [1.29, 1.82) is 0 Å². The first-order valence-electron chi connectivity index (χ1n) is 11.0. The molecule has 0 radical (unpaired) electrons. The van der Waals surface area contributed by atoms with Gasteiger partial charge in [-0.2, -0.15) is 0 Å². The van der Waals surface area contributed by atoms with E-state index >= 15 is 0 Å². The van der Waals surface area contributed by atoms with E-state index in [2.05, 4.69) is 4.90 Å². The molecule has 172 valence electrons. The van der Waals surface area contributed by atoms with Crippen LogP contribution in [0.15, 0.2) is 42.5 Å². The Labute approximate surface area is 187 Å². The molecule has 0 amide bonds. The third-order valence-electron chi connectivity index (χ3n) is 6.38. The molecule has 0 aliphatic carbocycles. The Kier molecular flexibility index (Phi) is 6.00. The van der Waals surface area contributed by atoms with E-state index in [0.29, 0.717) is 55.2 Å². The normalized spacial score (nSPS) is 23.2. The summed E-state index contributed by atoms with van der Waals surface area (Å²) in [4.78, 5) is 14.3. The zero-order valence-corrected chi connectivity index (χ0v) is 18.7. The van der Waals surface area contributed by atoms with Gasteiger partial charge in [-0.15, -0.1) is 0 Å². The second-order valence-electron chi connectivity index (χ2n) is 9.74. The summed E-state index contributed by atoms with van der Waals surface area (Å²) in [5, 5.41) is 22.1. The molecule has 0 spiro atoms. The summed E-state index contributed by atoms with van der Waals surface area (Å²) in [6.07, 6.45) is 0.204. The van der Waals surface area contributed by atoms with Crippen molar-refractivity contribution in [3.05, 3.63) is 59.4 Å². The molecule has 6 nitrogen and oxygen atoms in total. The average molecular weight is 444 g/mol. The lowest BCUT2D eigenvalue weighted by molar-refractivity contribution is -0.143. The van der Waals surface area contributed by atoms with Gasteiger partial charge in [0.1, 0.15) is 30.0 Å². The number of rotatable bonds is 3. The molecule has 0 unspecified atom stereocenters. The minimum atomic E-state index is -1.01. The topological polar surface area (TPSA) is 79.2 Å². The number of carbonyl (C=O) groups excluding carboxylic acids is 1. The maximum atomic E-state index is 13.2. The standard InChI is InChI=1S/C25H30FNO5/c1-24(2,3)23(29)32-18-8-9-19-21(14-18)31-15-20(22(19)28)27-12-10-25(30,11-13-27)16-4-6-17(26)7-5-16/h4-9,14,20,22,28,30H,10-13,15H2,1-3H3/t20-,22+/m1/s1. The summed E-state index contributed by atoms with van der Waals surface area (Å²) in [5.74, 6) is 0.227. The minimum Gasteiger partial charge on any atom is -0.491 e. The molecule has 1 fully saturated rings. The van der Waals surface area contributed by atoms with Crippen molar-refractivity contribution in [2.45, 2.75) is 51.4 Å². The summed E-state index contributed by atoms with van der Waals surface area (Å²) < 4.78 is 24.6. The smallest absolute Gasteiger partial charge is 0.316 e. The minimum absolute atomic E-state index is 0.247. The molecule has 7 heteroatoms. The van der Waals surface area contributed by atoms with Gasteiger partial charge < -0.3 is 19.7 Å². The van der Waals surface area contributed by atoms with Gasteiger partial charge in [-0.05, 0) is 63.4 Å². The Morgan fingerprint density at radius 1 is 1.16 bits per heavy atom. The summed E-state index contributed by atoms with van der Waals surface area (Å²) in [7, 11) is 0. The molecule has 32 heavy (non-hydrogen) atoms. The van der Waals surface area contributed by atoms with Crippen LogP contribution in [0.4, 0.5) is 4.39 Å². The Morgan fingerprint density at radius 2 is 1.81 bits per heavy atom. The molecule has 1 saturated heterocycles. The molecular formula is C25H30FNO5. The number of hydrogen-bond acceptors (Lipinski definition) is 6. The van der Waals surface area contributed by atoms with Crippen LogP contribution in [0.5, 0.6) is 11.5 Å². The van der Waals surface area contributed by atoms with Gasteiger partial charge in [-0.25, -0.2) is 4.39 Å². The Bertz CT molecular complexity index is 977. The summed E-state index contributed by atoms with van der Waals surface area (Å²) in [5.41, 5.74) is -0.266. The van der Waals surface area contributed by atoms with E-state index in [1.165, 1.54) is 12.1 Å². The highest BCUT2D eigenvalue weighted by atomic mass is 19.1. The number of esters is 1. The molecule has 2 aromatic rings. The number of aliphatic hydroxyl groups excluding tert-OH is 1. The van der Waals surface area contributed by atoms with Crippen LogP contribution in [0.2, 0.25) is 0 Å². The van der Waals surface area contributed by atoms with Crippen LogP contribution in [0.3, 0.4) is 0 Å². The summed E-state index contributed by atoms with van der Waals surface area (Å²) in [6, 6.07) is 10.8. The quantitative estimate of drug-likeness (QED) is 0.558. The summed E-state index contributed by atoms with van der Waals surface area (Å²) >= 11 is 0. The van der Waals surface area contributed by atoms with Crippen molar-refractivity contribution < 1.29 is 28.9 Å². The number of piperidine rings is 1. The Morgan fingerprint density at radius 3 is 2.44 bits per heavy atom. The number of benzene rings is 2. The van der Waals surface area contributed by atoms with Crippen molar-refractivity contribution in [3.8, 4) is 11.5 Å². The molecule has 2 aliphatic rings. The monoisotopic (exact) mass is 443 g/mol. The fraction of sp³-hybridized carbons (Fsp3) is 0.480. The highest BCUT2D eigenvalue weighted by Gasteiger charge is 2.40. The lowest BCUT2D eigenvalue weighted by Crippen LogP contribution is -2.52. The highest BCUT2D eigenvalue weighted by molar-refractivity contribution is 5.78. The number of nitrogens with zero attached hydrogens (tertiary/aromatic N) is 1. The molecule has 0 bridgehead atoms. The van der Waals surface area contributed by atoms with E-state index in [0.717, 1.165) is 0 Å². The van der Waals surface area contributed by atoms with Crippen molar-refractivity contribution >= 4 is 5.97 Å². The van der Waals surface area contributed by atoms with Crippen molar-refractivity contribution in [2.24, 2.45) is 5.41 Å². The van der Waals surface area contributed by atoms with Gasteiger partial charge in [0.15, 0.2) is 0 Å². The van der Waals surface area contributed by atoms with Crippen molar-refractivity contribution in [3.63, 3.8) is 0 Å². The number of carbonyl (C=O) groups is 1. The van der Waals surface area contributed by atoms with E-state index in [1.807, 2.05) is 0 Å². The predicted octanol–water partition coefficient (Wildman–Crippen LogP) is 3.56. The molecule has 0 saturated carbocycles. The third-order valence-corrected chi connectivity index (χ3v) is 6.38. The van der Waals surface area contributed by atoms with Gasteiger partial charge in [-0.3, -0.25) is 9.69 Å². The molecule has 0 aromatic heterocycles. The fourth-order valence-electron chi connectivity index (χ4n) is 4.26. The van der Waals surface area contributed by atoms with E-state index in [1.54, 1.807) is 51.1 Å². The fourth-order valence-corrected chi connectivity index (χ4v) is 4.26. The van der Waals surface area contributed by atoms with Crippen LogP contribution in [0.25, 0.3) is 0 Å². The van der Waals surface area contributed by atoms with E-state index in [4.69, 9.17) is 9.47 Å². The predicted molar refractivity (Wildman–Crippen MR) is 117 cm³/mol. The van der Waals surface area contributed by atoms with Gasteiger partial charge in [0.2, 0.25) is 0 Å². The zero-order valence-electron chi connectivity index (χ0n) is 18.7. The van der Waals surface area contributed by atoms with Gasteiger partial charge >= 0.3 is 5.97 Å². The average Bonchev–Trinajstić information content (AvgIpc) is 2.74. The molecular weight excluding hydrogens is 413 g/mol. The van der Waals surface area contributed by atoms with Crippen molar-refractivity contribution in [1.82, 2.24) is 4.90 Å². The number of hydrogen-bond donors (Lipinski definition) is 2. The second kappa shape index (κ2) is 8.46. The van der Waals surface area contributed by atoms with Crippen LogP contribution in [0.1, 0.15) is 50.8 Å². The Balaban J connectivity index is 1.42. The van der Waals surface area contributed by atoms with E-state index in [9.17, 15) is 19.4 Å². The van der Waals surface area contributed by atoms with Crippen LogP contribution in [0, 0.1) is 11.2 Å². The van der Waals surface area contributed by atoms with Crippen LogP contribution >= 0.6 is 0 Å². The van der Waals surface area contributed by atoms with E-state index in [-0.39, 0.29) is 17.8 Å². The van der Waals surface area contributed by atoms with Gasteiger partial charge in [0, 0.05) is 24.7 Å². The number of halogens is 1. The zero-order chi connectivity index (χ0) is 23.1. The molecule has 2 aliphatic heterocycles. The van der Waals surface area contributed by atoms with Gasteiger partial charge in [-0.1, -0.05) is 12.1 Å². The maximum Gasteiger partial charge on any atom is 0.316 e. The lowest BCUT2D eigenvalue weighted by atomic mass is 9.83. The molecule has 2 atom stereocenters. The Hall–Kier alpha value is -2.48. The lowest BCUT2D eigenvalue weighted by Gasteiger charge is -2.44. The van der Waals surface area contributed by atoms with Gasteiger partial charge in [0.25, 0.3) is 0 Å². The highest BCUT2D eigenvalue weighted by Crippen LogP contribution is 2.40. The number of ether oxygens (including phenoxy) is 2. The van der Waals surface area contributed by atoms with Crippen LogP contribution in [-0.4, -0.2) is 46.8 Å². The summed E-state index contributed by atoms with van der Waals surface area (Å²) in [6.45, 7) is 6.81. The van der Waals surface area contributed by atoms with Crippen LogP contribution < -0.4 is 9.47 Å². The molecule has 2 N–H and O–H groups in total. The number of aliphatic hydroxyl groups is 2. The second-order valence-corrected chi connectivity index (χ2v) is 9.74. The third kappa shape index (κ3) is 4.51. The molecule has 4 rings (SSSR count). The van der Waals surface area contributed by atoms with E-state index < -0.39 is 17.1 Å². The largest absolute Gasteiger partial charge is 0.491 e. The van der Waals surface area contributed by atoms with Crippen LogP contribution in [-0.2, 0) is 10.4 Å². The SMILES string of the molecule is CC(C)(C)C(=O)Oc1ccc2c(c1)OC[C@@H](N1CCC(O)(c3ccc(F)cc3)CC1)[C@H]2O. The van der Waals surface area contributed by atoms with Gasteiger partial charge in [0.05, 0.1) is 17.1 Å². The first kappa shape index (κ1) is 22.7. The number of likely N-dealkylation sites (tertiary alicyclic amines) is 1. The van der Waals surface area contributed by atoms with Crippen molar-refractivity contribution in [2.75, 3.05) is 19.7 Å². The first-order chi connectivity index (χ1) is 15.1.